The number of ether oxygens (including phenoxy) is 2. The van der Waals surface area contributed by atoms with Crippen molar-refractivity contribution in [2.75, 3.05) is 26.7 Å². The molecule has 1 saturated heterocycles. The van der Waals surface area contributed by atoms with Gasteiger partial charge in [-0.25, -0.2) is 0 Å². The van der Waals surface area contributed by atoms with Gasteiger partial charge in [-0.15, -0.1) is 0 Å². The Morgan fingerprint density at radius 1 is 1.30 bits per heavy atom. The van der Waals surface area contributed by atoms with Gasteiger partial charge in [-0.2, -0.15) is 0 Å². The summed E-state index contributed by atoms with van der Waals surface area (Å²) in [4.78, 5) is 24.9. The lowest BCUT2D eigenvalue weighted by Gasteiger charge is -2.29. The number of hydrogen-bond acceptors (Lipinski definition) is 4. The molecule has 0 bridgehead atoms. The zero-order chi connectivity index (χ0) is 14.5. The predicted octanol–water partition coefficient (Wildman–Crippen LogP) is 0.421. The van der Waals surface area contributed by atoms with Crippen LogP contribution in [-0.2, 0) is 9.59 Å². The summed E-state index contributed by atoms with van der Waals surface area (Å²) in [5, 5.41) is 2.68. The molecule has 1 aliphatic rings. The van der Waals surface area contributed by atoms with Crippen molar-refractivity contribution in [3.63, 3.8) is 0 Å². The van der Waals surface area contributed by atoms with Crippen molar-refractivity contribution < 1.29 is 19.1 Å². The summed E-state index contributed by atoms with van der Waals surface area (Å²) >= 11 is 0. The molecular weight excluding hydrogens is 260 g/mol. The maximum absolute atomic E-state index is 12.2. The van der Waals surface area contributed by atoms with Gasteiger partial charge in [0.1, 0.15) is 11.5 Å². The van der Waals surface area contributed by atoms with Crippen LogP contribution in [0.1, 0.15) is 6.92 Å². The van der Waals surface area contributed by atoms with E-state index in [0.29, 0.717) is 18.8 Å². The summed E-state index contributed by atoms with van der Waals surface area (Å²) in [6.07, 6.45) is -0.630. The second-order valence-electron chi connectivity index (χ2n) is 4.55. The number of nitrogens with zero attached hydrogens (tertiary/aromatic N) is 1. The van der Waals surface area contributed by atoms with Crippen LogP contribution in [0.4, 0.5) is 0 Å². The van der Waals surface area contributed by atoms with E-state index in [0.717, 1.165) is 5.75 Å². The van der Waals surface area contributed by atoms with Gasteiger partial charge in [-0.1, -0.05) is 0 Å². The summed E-state index contributed by atoms with van der Waals surface area (Å²) in [7, 11) is 1.59. The number of methoxy groups -OCH3 is 1. The van der Waals surface area contributed by atoms with Gasteiger partial charge in [0, 0.05) is 13.1 Å². The van der Waals surface area contributed by atoms with Gasteiger partial charge in [0.2, 0.25) is 5.91 Å². The molecule has 0 aliphatic carbocycles. The molecule has 1 aromatic carbocycles. The number of hydrogen-bond donors (Lipinski definition) is 1. The molecule has 1 aliphatic heterocycles. The van der Waals surface area contributed by atoms with Crippen molar-refractivity contribution in [1.82, 2.24) is 10.2 Å². The first-order valence-corrected chi connectivity index (χ1v) is 6.46. The van der Waals surface area contributed by atoms with Crippen LogP contribution in [0.5, 0.6) is 11.5 Å². The number of piperazine rings is 1. The van der Waals surface area contributed by atoms with Gasteiger partial charge in [0.25, 0.3) is 5.91 Å². The molecule has 0 spiro atoms. The maximum Gasteiger partial charge on any atom is 0.263 e. The van der Waals surface area contributed by atoms with Crippen molar-refractivity contribution in [3.05, 3.63) is 24.3 Å². The van der Waals surface area contributed by atoms with E-state index in [-0.39, 0.29) is 18.4 Å². The van der Waals surface area contributed by atoms with E-state index >= 15 is 0 Å². The number of nitrogens with one attached hydrogen (secondary N) is 1. The molecule has 6 heteroatoms. The van der Waals surface area contributed by atoms with Crippen LogP contribution in [-0.4, -0.2) is 49.6 Å². The molecule has 0 unspecified atom stereocenters. The highest BCUT2D eigenvalue weighted by atomic mass is 16.5. The van der Waals surface area contributed by atoms with Crippen molar-refractivity contribution in [2.45, 2.75) is 13.0 Å². The first-order valence-electron chi connectivity index (χ1n) is 6.46. The van der Waals surface area contributed by atoms with E-state index in [1.807, 2.05) is 0 Å². The number of benzene rings is 1. The molecule has 1 heterocycles. The van der Waals surface area contributed by atoms with Gasteiger partial charge >= 0.3 is 0 Å². The van der Waals surface area contributed by atoms with Crippen LogP contribution in [0, 0.1) is 0 Å². The van der Waals surface area contributed by atoms with Crippen LogP contribution in [0.25, 0.3) is 0 Å². The third kappa shape index (κ3) is 3.40. The van der Waals surface area contributed by atoms with Crippen molar-refractivity contribution in [1.29, 1.82) is 0 Å². The third-order valence-electron chi connectivity index (χ3n) is 3.07. The lowest BCUT2D eigenvalue weighted by molar-refractivity contribution is -0.143. The van der Waals surface area contributed by atoms with E-state index in [4.69, 9.17) is 9.47 Å². The van der Waals surface area contributed by atoms with Crippen LogP contribution < -0.4 is 14.8 Å². The summed E-state index contributed by atoms with van der Waals surface area (Å²) < 4.78 is 10.6. The smallest absolute Gasteiger partial charge is 0.263 e. The highest BCUT2D eigenvalue weighted by Gasteiger charge is 2.26. The van der Waals surface area contributed by atoms with E-state index in [1.54, 1.807) is 38.3 Å². The minimum absolute atomic E-state index is 0.0924. The molecule has 2 amide bonds. The lowest BCUT2D eigenvalue weighted by Crippen LogP contribution is -2.53. The molecule has 6 nitrogen and oxygen atoms in total. The standard InChI is InChI=1S/C14H18N2O4/c1-10(14(18)16-8-7-15-13(17)9-16)20-12-5-3-11(19-2)4-6-12/h3-6,10H,7-9H2,1-2H3,(H,15,17)/t10-/m0/s1. The molecule has 0 saturated carbocycles. The van der Waals surface area contributed by atoms with Crippen LogP contribution in [0.15, 0.2) is 24.3 Å². The molecular formula is C14H18N2O4. The summed E-state index contributed by atoms with van der Waals surface area (Å²) in [6.45, 7) is 2.77. The highest BCUT2D eigenvalue weighted by molar-refractivity contribution is 5.88. The molecule has 2 rings (SSSR count). The fourth-order valence-electron chi connectivity index (χ4n) is 1.99. The number of amides is 2. The fraction of sp³-hybridized carbons (Fsp3) is 0.429. The minimum Gasteiger partial charge on any atom is -0.497 e. The van der Waals surface area contributed by atoms with Gasteiger partial charge in [0.05, 0.1) is 13.7 Å². The Balaban J connectivity index is 1.94. The Morgan fingerprint density at radius 3 is 2.55 bits per heavy atom. The van der Waals surface area contributed by atoms with E-state index in [1.165, 1.54) is 4.90 Å². The molecule has 0 aromatic heterocycles. The Labute approximate surface area is 117 Å². The maximum atomic E-state index is 12.2. The topological polar surface area (TPSA) is 67.9 Å². The van der Waals surface area contributed by atoms with Crippen LogP contribution in [0.3, 0.4) is 0 Å². The largest absolute Gasteiger partial charge is 0.497 e. The van der Waals surface area contributed by atoms with Gasteiger partial charge in [-0.3, -0.25) is 9.59 Å². The second-order valence-corrected chi connectivity index (χ2v) is 4.55. The Morgan fingerprint density at radius 2 is 1.95 bits per heavy atom. The average molecular weight is 278 g/mol. The minimum atomic E-state index is -0.630. The third-order valence-corrected chi connectivity index (χ3v) is 3.07. The molecule has 0 radical (unpaired) electrons. The average Bonchev–Trinajstić information content (AvgIpc) is 2.47. The van der Waals surface area contributed by atoms with E-state index < -0.39 is 6.10 Å². The Kier molecular flexibility index (Phi) is 4.45. The number of carbonyl (C=O) groups is 2. The predicted molar refractivity (Wildman–Crippen MR) is 72.7 cm³/mol. The molecule has 108 valence electrons. The van der Waals surface area contributed by atoms with Gasteiger partial charge < -0.3 is 19.7 Å². The SMILES string of the molecule is COc1ccc(O[C@@H](C)C(=O)N2CCNC(=O)C2)cc1. The molecule has 1 atom stereocenters. The highest BCUT2D eigenvalue weighted by Crippen LogP contribution is 2.18. The monoisotopic (exact) mass is 278 g/mol. The van der Waals surface area contributed by atoms with Crippen molar-refractivity contribution in [2.24, 2.45) is 0 Å². The summed E-state index contributed by atoms with van der Waals surface area (Å²) in [6, 6.07) is 7.01. The normalized spacial score (nSPS) is 16.3. The zero-order valence-electron chi connectivity index (χ0n) is 11.6. The lowest BCUT2D eigenvalue weighted by atomic mass is 10.2. The quantitative estimate of drug-likeness (QED) is 0.867. The first kappa shape index (κ1) is 14.2. The second kappa shape index (κ2) is 6.27. The van der Waals surface area contributed by atoms with E-state index in [2.05, 4.69) is 5.32 Å². The Hall–Kier alpha value is -2.24. The van der Waals surface area contributed by atoms with Crippen molar-refractivity contribution in [3.8, 4) is 11.5 Å². The van der Waals surface area contributed by atoms with Crippen LogP contribution >= 0.6 is 0 Å². The number of carbonyl (C=O) groups excluding carboxylic acids is 2. The van der Waals surface area contributed by atoms with E-state index in [9.17, 15) is 9.59 Å². The summed E-state index contributed by atoms with van der Waals surface area (Å²) in [5.74, 6) is 0.994. The van der Waals surface area contributed by atoms with Gasteiger partial charge in [-0.05, 0) is 31.2 Å². The Bertz CT molecular complexity index is 486. The summed E-state index contributed by atoms with van der Waals surface area (Å²) in [5.41, 5.74) is 0. The molecule has 1 aromatic rings. The van der Waals surface area contributed by atoms with Crippen LogP contribution in [0.2, 0.25) is 0 Å². The first-order chi connectivity index (χ1) is 9.60. The molecule has 1 fully saturated rings. The van der Waals surface area contributed by atoms with Gasteiger partial charge in [0.15, 0.2) is 6.10 Å². The molecule has 20 heavy (non-hydrogen) atoms. The van der Waals surface area contributed by atoms with Crippen molar-refractivity contribution >= 4 is 11.8 Å². The number of rotatable bonds is 4. The fourth-order valence-corrected chi connectivity index (χ4v) is 1.99. The molecule has 1 N–H and O–H groups in total. The zero-order valence-corrected chi connectivity index (χ0v) is 11.6.